The molecule has 0 saturated carbocycles. The van der Waals surface area contributed by atoms with Crippen LogP contribution in [0.5, 0.6) is 0 Å². The van der Waals surface area contributed by atoms with Crippen LogP contribution in [-0.2, 0) is 19.1 Å². The minimum atomic E-state index is -0.761. The van der Waals surface area contributed by atoms with E-state index in [1.165, 1.54) is 0 Å². The largest absolute Gasteiger partial charge is 0.465 e. The van der Waals surface area contributed by atoms with E-state index in [0.717, 1.165) is 6.42 Å². The van der Waals surface area contributed by atoms with Crippen LogP contribution in [0.15, 0.2) is 49.6 Å². The Kier molecular flexibility index (Phi) is 9.66. The average molecular weight is 626 g/mol. The Labute approximate surface area is 241 Å². The number of amides is 2. The molecule has 1 spiro atoms. The predicted molar refractivity (Wildman–Crippen MR) is 155 cm³/mol. The van der Waals surface area contributed by atoms with Crippen molar-refractivity contribution < 1.29 is 24.2 Å². The van der Waals surface area contributed by atoms with Gasteiger partial charge < -0.3 is 19.6 Å². The fourth-order valence-electron chi connectivity index (χ4n) is 6.03. The number of aliphatic hydroxyl groups is 1. The molecule has 0 aromatic heterocycles. The van der Waals surface area contributed by atoms with Gasteiger partial charge >= 0.3 is 5.97 Å². The third-order valence-corrected chi connectivity index (χ3v) is 11.1. The Morgan fingerprint density at radius 2 is 1.97 bits per heavy atom. The molecule has 1 aromatic carbocycles. The second-order valence-electron chi connectivity index (χ2n) is 9.94. The lowest BCUT2D eigenvalue weighted by Crippen LogP contribution is -2.55. The fourth-order valence-corrected chi connectivity index (χ4v) is 9.75. The first-order valence-electron chi connectivity index (χ1n) is 13.0. The van der Waals surface area contributed by atoms with Gasteiger partial charge in [-0.1, -0.05) is 39.7 Å². The van der Waals surface area contributed by atoms with Gasteiger partial charge in [0.15, 0.2) is 0 Å². The maximum absolute atomic E-state index is 14.4. The standard InChI is InChI=1S/C28H34BrClN2O5S/c1-3-5-8-16-37-27(36)21-22-25(34)32(14-6-7-15-33)24(28(22)17-20(29)23(21)38-28)26(35)31(13-4-2)19-11-9-18(30)10-12-19/h3-4,9-12,20-24,33H,1-2,5-8,13-17H2/t20?,21-,22-,23-,24?,28?/m0/s1. The van der Waals surface area contributed by atoms with E-state index in [0.29, 0.717) is 42.9 Å². The molecule has 3 aliphatic heterocycles. The van der Waals surface area contributed by atoms with E-state index >= 15 is 0 Å². The molecule has 2 bridgehead atoms. The molecule has 7 nitrogen and oxygen atoms in total. The molecule has 0 radical (unpaired) electrons. The number of rotatable bonds is 13. The minimum Gasteiger partial charge on any atom is -0.465 e. The second kappa shape index (κ2) is 12.6. The predicted octanol–water partition coefficient (Wildman–Crippen LogP) is 4.61. The number of likely N-dealkylation sites (tertiary alicyclic amines) is 1. The summed E-state index contributed by atoms with van der Waals surface area (Å²) in [6, 6.07) is 6.25. The van der Waals surface area contributed by atoms with Crippen molar-refractivity contribution in [2.45, 2.75) is 53.0 Å². The number of unbranched alkanes of at least 4 members (excludes halogenated alkanes) is 2. The van der Waals surface area contributed by atoms with Gasteiger partial charge in [0.2, 0.25) is 5.91 Å². The molecule has 206 valence electrons. The quantitative estimate of drug-likeness (QED) is 0.149. The van der Waals surface area contributed by atoms with E-state index in [1.807, 2.05) is 0 Å². The summed E-state index contributed by atoms with van der Waals surface area (Å²) >= 11 is 11.5. The molecule has 3 aliphatic rings. The minimum absolute atomic E-state index is 0.00252. The highest BCUT2D eigenvalue weighted by atomic mass is 79.9. The Balaban J connectivity index is 1.70. The van der Waals surface area contributed by atoms with Crippen LogP contribution in [0.3, 0.4) is 0 Å². The number of anilines is 1. The average Bonchev–Trinajstić information content (AvgIpc) is 3.49. The molecule has 3 saturated heterocycles. The molecule has 3 heterocycles. The number of esters is 1. The highest BCUT2D eigenvalue weighted by Gasteiger charge is 2.76. The maximum atomic E-state index is 14.4. The van der Waals surface area contributed by atoms with Crippen molar-refractivity contribution in [1.82, 2.24) is 4.90 Å². The van der Waals surface area contributed by atoms with Gasteiger partial charge in [0.25, 0.3) is 5.91 Å². The monoisotopic (exact) mass is 624 g/mol. The molecule has 38 heavy (non-hydrogen) atoms. The van der Waals surface area contributed by atoms with Crippen molar-refractivity contribution in [1.29, 1.82) is 0 Å². The van der Waals surface area contributed by atoms with E-state index in [-0.39, 0.29) is 47.6 Å². The van der Waals surface area contributed by atoms with Crippen LogP contribution in [0.4, 0.5) is 5.69 Å². The van der Waals surface area contributed by atoms with Crippen molar-refractivity contribution in [3.63, 3.8) is 0 Å². The zero-order chi connectivity index (χ0) is 27.4. The highest BCUT2D eigenvalue weighted by Crippen LogP contribution is 2.68. The summed E-state index contributed by atoms with van der Waals surface area (Å²) in [4.78, 5) is 45.1. The zero-order valence-electron chi connectivity index (χ0n) is 21.3. The lowest BCUT2D eigenvalue weighted by atomic mass is 9.71. The molecule has 4 rings (SSSR count). The number of alkyl halides is 1. The third kappa shape index (κ3) is 5.31. The second-order valence-corrected chi connectivity index (χ2v) is 13.1. The van der Waals surface area contributed by atoms with Crippen LogP contribution < -0.4 is 4.90 Å². The van der Waals surface area contributed by atoms with Gasteiger partial charge in [-0.3, -0.25) is 14.4 Å². The summed E-state index contributed by atoms with van der Waals surface area (Å²) in [5.41, 5.74) is 0.660. The highest BCUT2D eigenvalue weighted by molar-refractivity contribution is 9.09. The van der Waals surface area contributed by atoms with E-state index in [1.54, 1.807) is 58.0 Å². The zero-order valence-corrected chi connectivity index (χ0v) is 24.4. The number of allylic oxidation sites excluding steroid dienone is 1. The number of ether oxygens (including phenoxy) is 1. The normalized spacial score (nSPS) is 29.3. The Bertz CT molecular complexity index is 1070. The number of fused-ring (bicyclic) bond motifs is 1. The first-order chi connectivity index (χ1) is 18.3. The number of aliphatic hydroxyl groups excluding tert-OH is 1. The summed E-state index contributed by atoms with van der Waals surface area (Å²) in [5, 5.41) is 9.77. The van der Waals surface area contributed by atoms with Gasteiger partial charge in [-0.2, -0.15) is 0 Å². The fraction of sp³-hybridized carbons (Fsp3) is 0.536. The smallest absolute Gasteiger partial charge is 0.310 e. The van der Waals surface area contributed by atoms with Gasteiger partial charge in [0, 0.05) is 40.5 Å². The van der Waals surface area contributed by atoms with Crippen LogP contribution in [0, 0.1) is 11.8 Å². The number of thioether (sulfide) groups is 1. The van der Waals surface area contributed by atoms with Crippen molar-refractivity contribution in [2.75, 3.05) is 31.2 Å². The molecule has 1 aromatic rings. The van der Waals surface area contributed by atoms with Gasteiger partial charge in [-0.05, 0) is 56.4 Å². The summed E-state index contributed by atoms with van der Waals surface area (Å²) in [6.45, 7) is 8.40. The van der Waals surface area contributed by atoms with E-state index in [2.05, 4.69) is 29.1 Å². The number of halogens is 2. The summed E-state index contributed by atoms with van der Waals surface area (Å²) in [7, 11) is 0. The number of hydrogen-bond donors (Lipinski definition) is 1. The third-order valence-electron chi connectivity index (χ3n) is 7.62. The van der Waals surface area contributed by atoms with Gasteiger partial charge in [-0.25, -0.2) is 0 Å². The SMILES string of the molecule is C=CCCCOC(=O)[C@H]1[C@H]2C(=O)N(CCCCO)C(C(=O)N(CC=C)c3ccc(Cl)cc3)C23CC(Br)[C@@H]1S3. The van der Waals surface area contributed by atoms with E-state index in [9.17, 15) is 19.5 Å². The first kappa shape index (κ1) is 29.2. The Morgan fingerprint density at radius 1 is 1.24 bits per heavy atom. The molecule has 3 fully saturated rings. The molecule has 10 heteroatoms. The number of hydrogen-bond acceptors (Lipinski definition) is 6. The number of carbonyl (C=O) groups excluding carboxylic acids is 3. The summed E-state index contributed by atoms with van der Waals surface area (Å²) in [5.74, 6) is -2.04. The maximum Gasteiger partial charge on any atom is 0.310 e. The van der Waals surface area contributed by atoms with Crippen LogP contribution in [0.2, 0.25) is 5.02 Å². The lowest BCUT2D eigenvalue weighted by Gasteiger charge is -2.37. The first-order valence-corrected chi connectivity index (χ1v) is 15.2. The molecular weight excluding hydrogens is 592 g/mol. The lowest BCUT2D eigenvalue weighted by molar-refractivity contribution is -0.154. The Morgan fingerprint density at radius 3 is 2.63 bits per heavy atom. The number of benzene rings is 1. The number of carbonyl (C=O) groups is 3. The van der Waals surface area contributed by atoms with Gasteiger partial charge in [0.1, 0.15) is 6.04 Å². The van der Waals surface area contributed by atoms with E-state index < -0.39 is 22.6 Å². The Hall–Kier alpha value is -1.81. The van der Waals surface area contributed by atoms with E-state index in [4.69, 9.17) is 16.3 Å². The summed E-state index contributed by atoms with van der Waals surface area (Å²) < 4.78 is 4.87. The molecule has 2 amide bonds. The molecule has 1 N–H and O–H groups in total. The van der Waals surface area contributed by atoms with Crippen LogP contribution >= 0.6 is 39.3 Å². The van der Waals surface area contributed by atoms with Crippen LogP contribution in [-0.4, -0.2) is 75.0 Å². The topological polar surface area (TPSA) is 87.1 Å². The molecular formula is C28H34BrClN2O5S. The molecule has 0 aliphatic carbocycles. The van der Waals surface area contributed by atoms with Crippen LogP contribution in [0.1, 0.15) is 32.1 Å². The van der Waals surface area contributed by atoms with Crippen molar-refractivity contribution >= 4 is 62.8 Å². The van der Waals surface area contributed by atoms with Crippen molar-refractivity contribution in [2.24, 2.45) is 11.8 Å². The van der Waals surface area contributed by atoms with Crippen LogP contribution in [0.25, 0.3) is 0 Å². The van der Waals surface area contributed by atoms with Gasteiger partial charge in [0.05, 0.1) is 23.2 Å². The number of nitrogens with zero attached hydrogens (tertiary/aromatic N) is 2. The van der Waals surface area contributed by atoms with Crippen molar-refractivity contribution in [3.05, 3.63) is 54.6 Å². The van der Waals surface area contributed by atoms with Crippen molar-refractivity contribution in [3.8, 4) is 0 Å². The van der Waals surface area contributed by atoms with Gasteiger partial charge in [-0.15, -0.1) is 24.9 Å². The summed E-state index contributed by atoms with van der Waals surface area (Å²) in [6.07, 6.45) is 6.51. The molecule has 3 unspecified atom stereocenters. The molecule has 6 atom stereocenters.